The summed E-state index contributed by atoms with van der Waals surface area (Å²) in [6.45, 7) is 1.86. The van der Waals surface area contributed by atoms with Crippen LogP contribution in [0.15, 0.2) is 12.1 Å². The Balaban J connectivity index is 2.18. The molecular formula is C12H15ClN2O2S. The monoisotopic (exact) mass is 286 g/mol. The highest BCUT2D eigenvalue weighted by Crippen LogP contribution is 2.32. The highest BCUT2D eigenvalue weighted by Gasteiger charge is 2.18. The molecule has 0 aromatic heterocycles. The van der Waals surface area contributed by atoms with Crippen molar-refractivity contribution >= 4 is 34.7 Å². The fraction of sp³-hybridized carbons (Fsp3) is 0.500. The summed E-state index contributed by atoms with van der Waals surface area (Å²) in [7, 11) is 0. The van der Waals surface area contributed by atoms with Gasteiger partial charge in [0.15, 0.2) is 0 Å². The number of thioether (sulfide) groups is 1. The maximum absolute atomic E-state index is 10.8. The summed E-state index contributed by atoms with van der Waals surface area (Å²) in [5, 5.41) is 14.4. The number of benzene rings is 1. The second kappa shape index (κ2) is 5.80. The zero-order valence-electron chi connectivity index (χ0n) is 10.1. The number of nitrogens with one attached hydrogen (secondary N) is 1. The summed E-state index contributed by atoms with van der Waals surface area (Å²) < 4.78 is 0. The number of nitro benzene ring substituents is 1. The molecule has 6 heteroatoms. The van der Waals surface area contributed by atoms with E-state index >= 15 is 0 Å². The summed E-state index contributed by atoms with van der Waals surface area (Å²) in [6, 6.07) is 3.64. The topological polar surface area (TPSA) is 55.2 Å². The number of nitrogens with zero attached hydrogens (tertiary/aromatic N) is 1. The average molecular weight is 287 g/mol. The molecule has 0 atom stereocenters. The maximum atomic E-state index is 10.8. The molecule has 0 unspecified atom stereocenters. The molecule has 98 valence electrons. The second-order valence-corrected chi connectivity index (χ2v) is 6.04. The van der Waals surface area contributed by atoms with Crippen molar-refractivity contribution in [2.45, 2.75) is 25.8 Å². The van der Waals surface area contributed by atoms with E-state index in [-0.39, 0.29) is 10.7 Å². The van der Waals surface area contributed by atoms with Crippen molar-refractivity contribution in [1.29, 1.82) is 0 Å². The van der Waals surface area contributed by atoms with Crippen molar-refractivity contribution in [2.75, 3.05) is 16.8 Å². The molecule has 1 heterocycles. The van der Waals surface area contributed by atoms with Crippen LogP contribution in [0.5, 0.6) is 0 Å². The lowest BCUT2D eigenvalue weighted by Crippen LogP contribution is -2.24. The third kappa shape index (κ3) is 3.09. The summed E-state index contributed by atoms with van der Waals surface area (Å²) >= 11 is 7.90. The van der Waals surface area contributed by atoms with Gasteiger partial charge in [0.2, 0.25) is 0 Å². The number of rotatable bonds is 3. The number of hydrogen-bond acceptors (Lipinski definition) is 4. The van der Waals surface area contributed by atoms with Crippen LogP contribution in [-0.2, 0) is 0 Å². The highest BCUT2D eigenvalue weighted by atomic mass is 35.5. The highest BCUT2D eigenvalue weighted by molar-refractivity contribution is 7.99. The second-order valence-electron chi connectivity index (χ2n) is 4.41. The molecule has 0 amide bonds. The van der Waals surface area contributed by atoms with Crippen molar-refractivity contribution in [3.63, 3.8) is 0 Å². The minimum atomic E-state index is -0.448. The first-order valence-corrected chi connectivity index (χ1v) is 7.40. The predicted molar refractivity (Wildman–Crippen MR) is 76.8 cm³/mol. The molecule has 1 saturated heterocycles. The molecule has 4 nitrogen and oxygen atoms in total. The Bertz CT molecular complexity index is 462. The van der Waals surface area contributed by atoms with E-state index in [0.29, 0.717) is 6.04 Å². The predicted octanol–water partition coefficient (Wildman–Crippen LogP) is 3.86. The van der Waals surface area contributed by atoms with Crippen LogP contribution in [-0.4, -0.2) is 22.5 Å². The van der Waals surface area contributed by atoms with Gasteiger partial charge < -0.3 is 5.32 Å². The van der Waals surface area contributed by atoms with Crippen LogP contribution >= 0.6 is 23.4 Å². The van der Waals surface area contributed by atoms with E-state index in [9.17, 15) is 10.1 Å². The van der Waals surface area contributed by atoms with Gasteiger partial charge in [-0.15, -0.1) is 0 Å². The molecular weight excluding hydrogens is 272 g/mol. The maximum Gasteiger partial charge on any atom is 0.288 e. The summed E-state index contributed by atoms with van der Waals surface area (Å²) in [5.74, 6) is 2.33. The molecule has 0 saturated carbocycles. The number of anilines is 1. The van der Waals surface area contributed by atoms with E-state index in [4.69, 9.17) is 11.6 Å². The van der Waals surface area contributed by atoms with E-state index in [1.807, 2.05) is 18.7 Å². The molecule has 1 aliphatic heterocycles. The van der Waals surface area contributed by atoms with Crippen molar-refractivity contribution < 1.29 is 4.92 Å². The third-order valence-corrected chi connectivity index (χ3v) is 4.42. The average Bonchev–Trinajstić information content (AvgIpc) is 2.34. The lowest BCUT2D eigenvalue weighted by atomic mass is 10.1. The van der Waals surface area contributed by atoms with Crippen LogP contribution in [0.2, 0.25) is 5.02 Å². The zero-order chi connectivity index (χ0) is 13.1. The van der Waals surface area contributed by atoms with Gasteiger partial charge in [-0.05, 0) is 42.9 Å². The van der Waals surface area contributed by atoms with Crippen LogP contribution < -0.4 is 5.32 Å². The van der Waals surface area contributed by atoms with Gasteiger partial charge in [0.1, 0.15) is 5.02 Å². The van der Waals surface area contributed by atoms with E-state index in [2.05, 4.69) is 5.32 Å². The smallest absolute Gasteiger partial charge is 0.288 e. The Morgan fingerprint density at radius 3 is 2.72 bits per heavy atom. The quantitative estimate of drug-likeness (QED) is 0.677. The van der Waals surface area contributed by atoms with Crippen LogP contribution in [0.1, 0.15) is 18.4 Å². The van der Waals surface area contributed by atoms with Gasteiger partial charge in [-0.1, -0.05) is 11.6 Å². The number of halogens is 1. The van der Waals surface area contributed by atoms with E-state index in [1.54, 1.807) is 6.07 Å². The first kappa shape index (κ1) is 13.5. The Hall–Kier alpha value is -0.940. The van der Waals surface area contributed by atoms with Gasteiger partial charge in [0, 0.05) is 17.8 Å². The van der Waals surface area contributed by atoms with Crippen LogP contribution in [0.4, 0.5) is 11.4 Å². The SMILES string of the molecule is Cc1cc([N+](=O)[O-])c(Cl)cc1NC1CCSCC1. The Kier molecular flexibility index (Phi) is 4.35. The fourth-order valence-electron chi connectivity index (χ4n) is 2.02. The summed E-state index contributed by atoms with van der Waals surface area (Å²) in [5.41, 5.74) is 1.74. The lowest BCUT2D eigenvalue weighted by molar-refractivity contribution is -0.384. The van der Waals surface area contributed by atoms with E-state index in [1.165, 1.54) is 6.07 Å². The summed E-state index contributed by atoms with van der Waals surface area (Å²) in [4.78, 5) is 10.3. The van der Waals surface area contributed by atoms with Gasteiger partial charge >= 0.3 is 0 Å². The molecule has 0 radical (unpaired) electrons. The normalized spacial score (nSPS) is 16.6. The van der Waals surface area contributed by atoms with Crippen molar-refractivity contribution in [1.82, 2.24) is 0 Å². The molecule has 2 rings (SSSR count). The van der Waals surface area contributed by atoms with Crippen molar-refractivity contribution in [2.24, 2.45) is 0 Å². The standard InChI is InChI=1S/C12H15ClN2O2S/c1-8-6-12(15(16)17)10(13)7-11(8)14-9-2-4-18-5-3-9/h6-7,9,14H,2-5H2,1H3. The van der Waals surface area contributed by atoms with Crippen LogP contribution in [0, 0.1) is 17.0 Å². The number of nitro groups is 1. The third-order valence-electron chi connectivity index (χ3n) is 3.07. The van der Waals surface area contributed by atoms with Gasteiger partial charge in [-0.3, -0.25) is 10.1 Å². The molecule has 1 fully saturated rings. The van der Waals surface area contributed by atoms with Gasteiger partial charge in [-0.25, -0.2) is 0 Å². The first-order chi connectivity index (χ1) is 8.58. The number of aryl methyl sites for hydroxylation is 1. The van der Waals surface area contributed by atoms with Crippen molar-refractivity contribution in [3.05, 3.63) is 32.8 Å². The molecule has 1 N–H and O–H groups in total. The van der Waals surface area contributed by atoms with Crippen LogP contribution in [0.3, 0.4) is 0 Å². The van der Waals surface area contributed by atoms with Gasteiger partial charge in [0.05, 0.1) is 4.92 Å². The van der Waals surface area contributed by atoms with Crippen LogP contribution in [0.25, 0.3) is 0 Å². The minimum absolute atomic E-state index is 0.0288. The molecule has 0 bridgehead atoms. The summed E-state index contributed by atoms with van der Waals surface area (Å²) in [6.07, 6.45) is 2.25. The Morgan fingerprint density at radius 1 is 1.44 bits per heavy atom. The molecule has 1 aromatic carbocycles. The van der Waals surface area contributed by atoms with Gasteiger partial charge in [-0.2, -0.15) is 11.8 Å². The van der Waals surface area contributed by atoms with E-state index in [0.717, 1.165) is 35.6 Å². The zero-order valence-corrected chi connectivity index (χ0v) is 11.7. The minimum Gasteiger partial charge on any atom is -0.382 e. The molecule has 18 heavy (non-hydrogen) atoms. The van der Waals surface area contributed by atoms with Crippen molar-refractivity contribution in [3.8, 4) is 0 Å². The molecule has 0 aliphatic carbocycles. The Morgan fingerprint density at radius 2 is 2.11 bits per heavy atom. The number of hydrogen-bond donors (Lipinski definition) is 1. The Labute approximate surface area is 115 Å². The largest absolute Gasteiger partial charge is 0.382 e. The van der Waals surface area contributed by atoms with E-state index < -0.39 is 4.92 Å². The van der Waals surface area contributed by atoms with Gasteiger partial charge in [0.25, 0.3) is 5.69 Å². The fourth-order valence-corrected chi connectivity index (χ4v) is 3.36. The lowest BCUT2D eigenvalue weighted by Gasteiger charge is -2.24. The molecule has 1 aromatic rings. The molecule has 1 aliphatic rings. The molecule has 0 spiro atoms. The first-order valence-electron chi connectivity index (χ1n) is 5.86.